The zero-order valence-electron chi connectivity index (χ0n) is 8.22. The van der Waals surface area contributed by atoms with Gasteiger partial charge in [0.15, 0.2) is 0 Å². The molecule has 12 heavy (non-hydrogen) atoms. The van der Waals surface area contributed by atoms with Crippen LogP contribution in [0.25, 0.3) is 0 Å². The van der Waals surface area contributed by atoms with Crippen molar-refractivity contribution in [3.63, 3.8) is 0 Å². The molecule has 0 saturated carbocycles. The van der Waals surface area contributed by atoms with Gasteiger partial charge in [-0.25, -0.2) is 0 Å². The van der Waals surface area contributed by atoms with E-state index in [1.807, 2.05) is 20.8 Å². The minimum atomic E-state index is -0.313. The average molecular weight is 171 g/mol. The largest absolute Gasteiger partial charge is 0.375 e. The highest BCUT2D eigenvalue weighted by Crippen LogP contribution is 2.16. The number of hydrogen-bond acceptors (Lipinski definition) is 3. The third-order valence-electron chi connectivity index (χ3n) is 1.59. The van der Waals surface area contributed by atoms with Crippen LogP contribution in [-0.4, -0.2) is 23.3 Å². The van der Waals surface area contributed by atoms with Gasteiger partial charge in [-0.1, -0.05) is 20.8 Å². The molecule has 0 fully saturated rings. The van der Waals surface area contributed by atoms with E-state index < -0.39 is 0 Å². The highest BCUT2D eigenvalue weighted by atomic mass is 16.3. The smallest absolute Gasteiger partial charge is 0.143 e. The second kappa shape index (κ2) is 4.36. The fourth-order valence-corrected chi connectivity index (χ4v) is 0.674. The van der Waals surface area contributed by atoms with E-state index in [2.05, 4.69) is 4.99 Å². The Labute approximate surface area is 73.5 Å². The minimum Gasteiger partial charge on any atom is -0.375 e. The predicted octanol–water partition coefficient (Wildman–Crippen LogP) is 1.40. The summed E-state index contributed by atoms with van der Waals surface area (Å²) in [5, 5.41) is 8.45. The number of ketones is 1. The first-order chi connectivity index (χ1) is 5.38. The van der Waals surface area contributed by atoms with Crippen molar-refractivity contribution in [2.24, 2.45) is 10.4 Å². The lowest BCUT2D eigenvalue weighted by molar-refractivity contribution is -0.125. The van der Waals surface area contributed by atoms with Gasteiger partial charge in [0.05, 0.1) is 0 Å². The Morgan fingerprint density at radius 2 is 1.92 bits per heavy atom. The van der Waals surface area contributed by atoms with Crippen molar-refractivity contribution in [2.45, 2.75) is 34.1 Å². The van der Waals surface area contributed by atoms with Crippen molar-refractivity contribution in [1.29, 1.82) is 0 Å². The van der Waals surface area contributed by atoms with E-state index in [9.17, 15) is 4.79 Å². The fraction of sp³-hybridized carbons (Fsp3) is 0.778. The van der Waals surface area contributed by atoms with Crippen LogP contribution in [-0.2, 0) is 4.79 Å². The van der Waals surface area contributed by atoms with E-state index in [0.29, 0.717) is 12.1 Å². The van der Waals surface area contributed by atoms with Gasteiger partial charge in [0, 0.05) is 17.5 Å². The highest BCUT2D eigenvalue weighted by molar-refractivity contribution is 6.02. The molecule has 1 N–H and O–H groups in total. The third kappa shape index (κ3) is 4.23. The quantitative estimate of drug-likeness (QED) is 0.652. The van der Waals surface area contributed by atoms with Gasteiger partial charge in [-0.2, -0.15) is 0 Å². The van der Waals surface area contributed by atoms with Crippen LogP contribution in [0, 0.1) is 5.41 Å². The SMILES string of the molecule is CC(CC(=O)C(C)(C)C)=NCO. The molecule has 0 aromatic rings. The molecule has 0 heterocycles. The standard InChI is InChI=1S/C9H17NO2/c1-7(10-6-11)5-8(12)9(2,3)4/h11H,5-6H2,1-4H3. The number of nitrogens with zero attached hydrogens (tertiary/aromatic N) is 1. The molecule has 70 valence electrons. The molecule has 0 spiro atoms. The van der Waals surface area contributed by atoms with Crippen LogP contribution in [0.15, 0.2) is 4.99 Å². The summed E-state index contributed by atoms with van der Waals surface area (Å²) in [6, 6.07) is 0. The van der Waals surface area contributed by atoms with Crippen LogP contribution >= 0.6 is 0 Å². The summed E-state index contributed by atoms with van der Waals surface area (Å²) in [6.07, 6.45) is 0.337. The Kier molecular flexibility index (Phi) is 4.10. The van der Waals surface area contributed by atoms with Crippen LogP contribution in [0.3, 0.4) is 0 Å². The summed E-state index contributed by atoms with van der Waals surface area (Å²) in [6.45, 7) is 7.15. The van der Waals surface area contributed by atoms with E-state index in [0.717, 1.165) is 0 Å². The van der Waals surface area contributed by atoms with E-state index in [4.69, 9.17) is 5.11 Å². The zero-order valence-corrected chi connectivity index (χ0v) is 8.22. The summed E-state index contributed by atoms with van der Waals surface area (Å²) >= 11 is 0. The first-order valence-corrected chi connectivity index (χ1v) is 4.02. The molecular formula is C9H17NO2. The molecule has 0 aromatic carbocycles. The summed E-state index contributed by atoms with van der Waals surface area (Å²) in [7, 11) is 0. The maximum Gasteiger partial charge on any atom is 0.143 e. The molecule has 0 bridgehead atoms. The van der Waals surface area contributed by atoms with E-state index in [-0.39, 0.29) is 17.9 Å². The number of hydrogen-bond donors (Lipinski definition) is 1. The average Bonchev–Trinajstić information content (AvgIpc) is 1.85. The van der Waals surface area contributed by atoms with Crippen LogP contribution in [0.5, 0.6) is 0 Å². The third-order valence-corrected chi connectivity index (χ3v) is 1.59. The number of aliphatic imine (C=N–C) groups is 1. The molecule has 0 aromatic heterocycles. The lowest BCUT2D eigenvalue weighted by atomic mass is 9.88. The topological polar surface area (TPSA) is 49.7 Å². The number of carbonyl (C=O) groups excluding carboxylic acids is 1. The van der Waals surface area contributed by atoms with E-state index >= 15 is 0 Å². The summed E-state index contributed by atoms with van der Waals surface area (Å²) < 4.78 is 0. The van der Waals surface area contributed by atoms with Crippen molar-refractivity contribution in [3.8, 4) is 0 Å². The second-order valence-electron chi connectivity index (χ2n) is 3.88. The molecule has 3 nitrogen and oxygen atoms in total. The Hall–Kier alpha value is -0.700. The first-order valence-electron chi connectivity index (χ1n) is 4.02. The van der Waals surface area contributed by atoms with Crippen LogP contribution in [0.1, 0.15) is 34.1 Å². The molecule has 3 heteroatoms. The van der Waals surface area contributed by atoms with Crippen molar-refractivity contribution in [2.75, 3.05) is 6.73 Å². The van der Waals surface area contributed by atoms with Gasteiger partial charge in [-0.15, -0.1) is 0 Å². The molecule has 0 amide bonds. The lowest BCUT2D eigenvalue weighted by Gasteiger charge is -2.15. The molecular weight excluding hydrogens is 154 g/mol. The predicted molar refractivity (Wildman–Crippen MR) is 49.3 cm³/mol. The minimum absolute atomic E-state index is 0.150. The zero-order chi connectivity index (χ0) is 9.78. The molecule has 0 aliphatic carbocycles. The molecule has 0 unspecified atom stereocenters. The van der Waals surface area contributed by atoms with Gasteiger partial charge < -0.3 is 5.11 Å². The maximum atomic E-state index is 11.4. The Morgan fingerprint density at radius 3 is 2.25 bits per heavy atom. The Balaban J connectivity index is 4.11. The fourth-order valence-electron chi connectivity index (χ4n) is 0.674. The van der Waals surface area contributed by atoms with Gasteiger partial charge in [-0.05, 0) is 6.92 Å². The van der Waals surface area contributed by atoms with Gasteiger partial charge in [0.1, 0.15) is 12.5 Å². The van der Waals surface area contributed by atoms with Crippen LogP contribution < -0.4 is 0 Å². The summed E-state index contributed by atoms with van der Waals surface area (Å²) in [5.74, 6) is 0.150. The van der Waals surface area contributed by atoms with E-state index in [1.54, 1.807) is 6.92 Å². The van der Waals surface area contributed by atoms with Crippen LogP contribution in [0.2, 0.25) is 0 Å². The summed E-state index contributed by atoms with van der Waals surface area (Å²) in [4.78, 5) is 15.1. The number of carbonyl (C=O) groups is 1. The summed E-state index contributed by atoms with van der Waals surface area (Å²) in [5.41, 5.74) is 0.379. The number of aliphatic hydroxyl groups excluding tert-OH is 1. The van der Waals surface area contributed by atoms with Gasteiger partial charge in [0.25, 0.3) is 0 Å². The van der Waals surface area contributed by atoms with Gasteiger partial charge >= 0.3 is 0 Å². The number of Topliss-reactive ketones (excluding diaryl/α,β-unsaturated/α-hetero) is 1. The molecule has 0 aliphatic heterocycles. The Morgan fingerprint density at radius 1 is 1.42 bits per heavy atom. The molecule has 0 atom stereocenters. The van der Waals surface area contributed by atoms with Crippen molar-refractivity contribution in [3.05, 3.63) is 0 Å². The first kappa shape index (κ1) is 11.3. The van der Waals surface area contributed by atoms with Crippen molar-refractivity contribution >= 4 is 11.5 Å². The Bertz CT molecular complexity index is 189. The number of aliphatic hydroxyl groups is 1. The normalized spacial score (nSPS) is 13.2. The second-order valence-corrected chi connectivity index (χ2v) is 3.88. The van der Waals surface area contributed by atoms with E-state index in [1.165, 1.54) is 0 Å². The van der Waals surface area contributed by atoms with Gasteiger partial charge in [-0.3, -0.25) is 9.79 Å². The van der Waals surface area contributed by atoms with Crippen LogP contribution in [0.4, 0.5) is 0 Å². The molecule has 0 saturated heterocycles. The monoisotopic (exact) mass is 171 g/mol. The highest BCUT2D eigenvalue weighted by Gasteiger charge is 2.21. The molecule has 0 aliphatic rings. The van der Waals surface area contributed by atoms with Crippen molar-refractivity contribution in [1.82, 2.24) is 0 Å². The van der Waals surface area contributed by atoms with Crippen molar-refractivity contribution < 1.29 is 9.90 Å². The lowest BCUT2D eigenvalue weighted by Crippen LogP contribution is -2.22. The van der Waals surface area contributed by atoms with Gasteiger partial charge in [0.2, 0.25) is 0 Å². The maximum absolute atomic E-state index is 11.4. The molecule has 0 radical (unpaired) electrons. The molecule has 0 rings (SSSR count). The number of rotatable bonds is 3.